The predicted molar refractivity (Wildman–Crippen MR) is 160 cm³/mol. The third-order valence-corrected chi connectivity index (χ3v) is 7.11. The van der Waals surface area contributed by atoms with Crippen LogP contribution < -0.4 is 10.6 Å². The topological polar surface area (TPSA) is 94.5 Å². The van der Waals surface area contributed by atoms with Crippen LogP contribution in [-0.4, -0.2) is 41.3 Å². The van der Waals surface area contributed by atoms with Crippen molar-refractivity contribution in [3.05, 3.63) is 101 Å². The van der Waals surface area contributed by atoms with Crippen LogP contribution in [0.2, 0.25) is 0 Å². The van der Waals surface area contributed by atoms with E-state index in [1.165, 1.54) is 5.56 Å². The van der Waals surface area contributed by atoms with E-state index in [0.717, 1.165) is 30.6 Å². The zero-order valence-electron chi connectivity index (χ0n) is 24.1. The molecular weight excluding hydrogens is 500 g/mol. The molecule has 4 rings (SSSR count). The number of likely N-dealkylation sites (tertiary alicyclic amines) is 1. The Kier molecular flexibility index (Phi) is 8.62. The first-order valence-corrected chi connectivity index (χ1v) is 13.8. The maximum Gasteiger partial charge on any atom is 0.410 e. The molecule has 2 amide bonds. The van der Waals surface area contributed by atoms with E-state index in [1.54, 1.807) is 23.3 Å². The van der Waals surface area contributed by atoms with E-state index in [0.29, 0.717) is 17.7 Å². The summed E-state index contributed by atoms with van der Waals surface area (Å²) >= 11 is 0. The second kappa shape index (κ2) is 11.9. The van der Waals surface area contributed by atoms with Gasteiger partial charge in [0, 0.05) is 36.5 Å². The Balaban J connectivity index is 1.36. The van der Waals surface area contributed by atoms with Gasteiger partial charge in [-0.3, -0.25) is 10.2 Å². The normalized spacial score (nSPS) is 18.8. The third kappa shape index (κ3) is 7.29. The SMILES string of the molecule is CC(C)(C)OC(=O)N1CCC[C@@H](c2ccc(N/C=C3/C=CC=C(C(=O)NC(C)(C)c4ccccc4)C3=N)cc2)C1. The minimum atomic E-state index is -0.577. The Morgan fingerprint density at radius 1 is 1.02 bits per heavy atom. The maximum absolute atomic E-state index is 13.1. The number of ether oxygens (including phenoxy) is 1. The standard InChI is InChI=1S/C33H40N4O3/c1-32(2,3)40-31(39)37-20-10-12-25(22-37)23-16-18-27(19-17-23)35-21-24-11-9-15-28(29(24)34)30(38)36-33(4,5)26-13-7-6-8-14-26/h6-9,11,13-19,21,25,34-35H,10,12,20,22H2,1-5H3,(H,36,38)/b24-21-,34-29?/t25-/m1/s1. The molecule has 1 aliphatic heterocycles. The molecule has 1 saturated heterocycles. The molecule has 1 aliphatic carbocycles. The smallest absolute Gasteiger partial charge is 0.410 e. The van der Waals surface area contributed by atoms with Gasteiger partial charge in [-0.2, -0.15) is 0 Å². The second-order valence-electron chi connectivity index (χ2n) is 11.9. The molecule has 0 unspecified atom stereocenters. The molecule has 0 aromatic heterocycles. The van der Waals surface area contributed by atoms with E-state index in [2.05, 4.69) is 22.8 Å². The van der Waals surface area contributed by atoms with Crippen LogP contribution in [0.15, 0.2) is 90.2 Å². The number of hydrogen-bond acceptors (Lipinski definition) is 5. The first kappa shape index (κ1) is 28.9. The van der Waals surface area contributed by atoms with Crippen molar-refractivity contribution >= 4 is 23.4 Å². The van der Waals surface area contributed by atoms with Crippen molar-refractivity contribution in [2.24, 2.45) is 0 Å². The number of amides is 2. The molecule has 2 aliphatic rings. The number of carbonyl (C=O) groups excluding carboxylic acids is 2. The lowest BCUT2D eigenvalue weighted by Crippen LogP contribution is -2.43. The lowest BCUT2D eigenvalue weighted by Gasteiger charge is -2.34. The molecule has 0 saturated carbocycles. The van der Waals surface area contributed by atoms with Crippen LogP contribution in [0.3, 0.4) is 0 Å². The molecule has 0 bridgehead atoms. The highest BCUT2D eigenvalue weighted by Crippen LogP contribution is 2.29. The molecule has 3 N–H and O–H groups in total. The van der Waals surface area contributed by atoms with Gasteiger partial charge in [0.1, 0.15) is 5.60 Å². The maximum atomic E-state index is 13.1. The van der Waals surface area contributed by atoms with Gasteiger partial charge in [-0.05, 0) is 76.8 Å². The number of benzene rings is 2. The van der Waals surface area contributed by atoms with Crippen molar-refractivity contribution < 1.29 is 14.3 Å². The zero-order valence-corrected chi connectivity index (χ0v) is 24.1. The molecule has 1 atom stereocenters. The van der Waals surface area contributed by atoms with Crippen LogP contribution in [0.25, 0.3) is 0 Å². The van der Waals surface area contributed by atoms with Gasteiger partial charge in [0.05, 0.1) is 16.8 Å². The number of carbonyl (C=O) groups is 2. The molecule has 7 nitrogen and oxygen atoms in total. The highest BCUT2D eigenvalue weighted by atomic mass is 16.6. The summed E-state index contributed by atoms with van der Waals surface area (Å²) in [5.74, 6) is -0.0270. The van der Waals surface area contributed by atoms with Crippen molar-refractivity contribution in [2.45, 2.75) is 64.5 Å². The minimum absolute atomic E-state index is 0.164. The van der Waals surface area contributed by atoms with Crippen molar-refractivity contribution in [1.82, 2.24) is 10.2 Å². The number of piperidine rings is 1. The van der Waals surface area contributed by atoms with Crippen LogP contribution in [-0.2, 0) is 15.1 Å². The van der Waals surface area contributed by atoms with Gasteiger partial charge in [-0.25, -0.2) is 4.79 Å². The van der Waals surface area contributed by atoms with Gasteiger partial charge in [-0.1, -0.05) is 54.6 Å². The molecule has 210 valence electrons. The second-order valence-corrected chi connectivity index (χ2v) is 11.9. The highest BCUT2D eigenvalue weighted by Gasteiger charge is 2.29. The fraction of sp³-hybridized carbons (Fsp3) is 0.364. The fourth-order valence-electron chi connectivity index (χ4n) is 4.91. The molecule has 0 radical (unpaired) electrons. The molecule has 2 aromatic rings. The lowest BCUT2D eigenvalue weighted by atomic mass is 9.90. The van der Waals surface area contributed by atoms with Crippen LogP contribution in [0, 0.1) is 5.41 Å². The van der Waals surface area contributed by atoms with Gasteiger partial charge >= 0.3 is 6.09 Å². The number of hydrogen-bond donors (Lipinski definition) is 3. The number of nitrogens with zero attached hydrogens (tertiary/aromatic N) is 1. The van der Waals surface area contributed by atoms with Gasteiger partial charge in [0.25, 0.3) is 5.91 Å². The molecule has 40 heavy (non-hydrogen) atoms. The van der Waals surface area contributed by atoms with E-state index >= 15 is 0 Å². The summed E-state index contributed by atoms with van der Waals surface area (Å²) in [5.41, 5.74) is 3.08. The molecule has 1 heterocycles. The third-order valence-electron chi connectivity index (χ3n) is 7.11. The average Bonchev–Trinajstić information content (AvgIpc) is 2.92. The predicted octanol–water partition coefficient (Wildman–Crippen LogP) is 6.66. The molecule has 7 heteroatoms. The Morgan fingerprint density at radius 2 is 1.73 bits per heavy atom. The summed E-state index contributed by atoms with van der Waals surface area (Å²) < 4.78 is 5.56. The number of rotatable bonds is 6. The van der Waals surface area contributed by atoms with E-state index in [9.17, 15) is 9.59 Å². The monoisotopic (exact) mass is 540 g/mol. The quantitative estimate of drug-likeness (QED) is 0.382. The summed E-state index contributed by atoms with van der Waals surface area (Å²) in [5, 5.41) is 15.0. The Morgan fingerprint density at radius 3 is 2.40 bits per heavy atom. The number of anilines is 1. The van der Waals surface area contributed by atoms with Gasteiger partial charge in [0.15, 0.2) is 0 Å². The van der Waals surface area contributed by atoms with Crippen molar-refractivity contribution in [2.75, 3.05) is 18.4 Å². The van der Waals surface area contributed by atoms with E-state index < -0.39 is 11.1 Å². The Bertz CT molecular complexity index is 1330. The Hall–Kier alpha value is -4.13. The van der Waals surface area contributed by atoms with Gasteiger partial charge < -0.3 is 20.3 Å². The number of nitrogens with one attached hydrogen (secondary N) is 3. The van der Waals surface area contributed by atoms with E-state index in [-0.39, 0.29) is 23.6 Å². The van der Waals surface area contributed by atoms with Gasteiger partial charge in [-0.15, -0.1) is 0 Å². The summed E-state index contributed by atoms with van der Waals surface area (Å²) in [6.45, 7) is 10.9. The summed E-state index contributed by atoms with van der Waals surface area (Å²) in [7, 11) is 0. The van der Waals surface area contributed by atoms with Crippen LogP contribution in [0.4, 0.5) is 10.5 Å². The van der Waals surface area contributed by atoms with Crippen LogP contribution >= 0.6 is 0 Å². The van der Waals surface area contributed by atoms with E-state index in [1.807, 2.05) is 83.2 Å². The zero-order chi connectivity index (χ0) is 28.9. The molecule has 0 spiro atoms. The first-order valence-electron chi connectivity index (χ1n) is 13.8. The summed E-state index contributed by atoms with van der Waals surface area (Å²) in [6, 6.07) is 18.0. The molecule has 1 fully saturated rings. The fourth-order valence-corrected chi connectivity index (χ4v) is 4.91. The largest absolute Gasteiger partial charge is 0.444 e. The lowest BCUT2D eigenvalue weighted by molar-refractivity contribution is -0.118. The average molecular weight is 541 g/mol. The van der Waals surface area contributed by atoms with E-state index in [4.69, 9.17) is 10.1 Å². The first-order chi connectivity index (χ1) is 18.9. The van der Waals surface area contributed by atoms with Crippen molar-refractivity contribution in [1.29, 1.82) is 5.41 Å². The minimum Gasteiger partial charge on any atom is -0.444 e. The van der Waals surface area contributed by atoms with Crippen LogP contribution in [0.5, 0.6) is 0 Å². The Labute approximate surface area is 237 Å². The van der Waals surface area contributed by atoms with Crippen molar-refractivity contribution in [3.8, 4) is 0 Å². The van der Waals surface area contributed by atoms with Gasteiger partial charge in [0.2, 0.25) is 0 Å². The summed E-state index contributed by atoms with van der Waals surface area (Å²) in [4.78, 5) is 27.4. The highest BCUT2D eigenvalue weighted by molar-refractivity contribution is 6.28. The molecule has 2 aromatic carbocycles. The molecular formula is C33H40N4O3. The van der Waals surface area contributed by atoms with Crippen molar-refractivity contribution in [3.63, 3.8) is 0 Å². The van der Waals surface area contributed by atoms with Crippen LogP contribution in [0.1, 0.15) is 64.5 Å². The number of allylic oxidation sites excluding steroid dienone is 4. The summed E-state index contributed by atoms with van der Waals surface area (Å²) in [6.07, 6.45) is 8.74.